The molecule has 1 heterocycles. The second-order valence-electron chi connectivity index (χ2n) is 6.15. The molecule has 5 heteroatoms. The Morgan fingerprint density at radius 1 is 1.22 bits per heavy atom. The quantitative estimate of drug-likeness (QED) is 0.871. The minimum Gasteiger partial charge on any atom is -0.369 e. The van der Waals surface area contributed by atoms with Crippen LogP contribution >= 0.6 is 0 Å². The van der Waals surface area contributed by atoms with Crippen molar-refractivity contribution in [1.29, 1.82) is 0 Å². The zero-order valence-corrected chi connectivity index (χ0v) is 14.1. The third-order valence-electron chi connectivity index (χ3n) is 4.61. The summed E-state index contributed by atoms with van der Waals surface area (Å²) in [6.07, 6.45) is 1.61. The predicted octanol–water partition coefficient (Wildman–Crippen LogP) is 1.87. The van der Waals surface area contributed by atoms with Crippen LogP contribution < -0.4 is 5.73 Å². The maximum absolute atomic E-state index is 12.6. The molecule has 126 valence electrons. The number of hydrogen-bond donors (Lipinski definition) is 1. The van der Waals surface area contributed by atoms with Crippen molar-refractivity contribution in [3.63, 3.8) is 0 Å². The maximum Gasteiger partial charge on any atom is 0.253 e. The third kappa shape index (κ3) is 4.55. The summed E-state index contributed by atoms with van der Waals surface area (Å²) in [5, 5.41) is 0. The highest BCUT2D eigenvalue weighted by atomic mass is 16.2. The number of likely N-dealkylation sites (tertiary alicyclic amines) is 1. The monoisotopic (exact) mass is 317 g/mol. The Morgan fingerprint density at radius 2 is 1.87 bits per heavy atom. The van der Waals surface area contributed by atoms with Gasteiger partial charge in [-0.05, 0) is 43.6 Å². The third-order valence-corrected chi connectivity index (χ3v) is 4.61. The van der Waals surface area contributed by atoms with Crippen LogP contribution in [-0.4, -0.2) is 47.8 Å². The van der Waals surface area contributed by atoms with E-state index in [-0.39, 0.29) is 17.7 Å². The molecule has 1 aromatic rings. The van der Waals surface area contributed by atoms with Crippen LogP contribution in [0, 0.1) is 5.92 Å². The number of piperidine rings is 1. The molecule has 1 unspecified atom stereocenters. The van der Waals surface area contributed by atoms with Crippen LogP contribution in [0.5, 0.6) is 0 Å². The molecule has 2 N–H and O–H groups in total. The van der Waals surface area contributed by atoms with E-state index < -0.39 is 0 Å². The molecule has 2 rings (SSSR count). The summed E-state index contributed by atoms with van der Waals surface area (Å²) in [6, 6.07) is 7.80. The SMILES string of the molecule is CCN(CC)Cc1ccc(C(=O)N2CCCC(C(N)=O)C2)cc1. The number of rotatable bonds is 6. The van der Waals surface area contributed by atoms with Gasteiger partial charge in [0.2, 0.25) is 5.91 Å². The van der Waals surface area contributed by atoms with Crippen molar-refractivity contribution in [1.82, 2.24) is 9.80 Å². The van der Waals surface area contributed by atoms with Crippen molar-refractivity contribution in [2.75, 3.05) is 26.2 Å². The number of benzene rings is 1. The Morgan fingerprint density at radius 3 is 2.43 bits per heavy atom. The first-order valence-corrected chi connectivity index (χ1v) is 8.45. The molecule has 0 spiro atoms. The summed E-state index contributed by atoms with van der Waals surface area (Å²) in [5.74, 6) is -0.531. The Hall–Kier alpha value is -1.88. The van der Waals surface area contributed by atoms with Gasteiger partial charge in [-0.3, -0.25) is 14.5 Å². The molecule has 1 fully saturated rings. The minimum absolute atomic E-state index is 0.00895. The van der Waals surface area contributed by atoms with E-state index in [0.29, 0.717) is 18.7 Å². The first-order chi connectivity index (χ1) is 11.0. The Labute approximate surface area is 138 Å². The molecule has 1 aliphatic heterocycles. The summed E-state index contributed by atoms with van der Waals surface area (Å²) in [6.45, 7) is 8.35. The fraction of sp³-hybridized carbons (Fsp3) is 0.556. The standard InChI is InChI=1S/C18H27N3O2/c1-3-20(4-2)12-14-7-9-15(10-8-14)18(23)21-11-5-6-16(13-21)17(19)22/h7-10,16H,3-6,11-13H2,1-2H3,(H2,19,22). The van der Waals surface area contributed by atoms with Crippen molar-refractivity contribution in [3.05, 3.63) is 35.4 Å². The van der Waals surface area contributed by atoms with E-state index >= 15 is 0 Å². The van der Waals surface area contributed by atoms with Gasteiger partial charge in [-0.2, -0.15) is 0 Å². The first-order valence-electron chi connectivity index (χ1n) is 8.45. The van der Waals surface area contributed by atoms with E-state index in [9.17, 15) is 9.59 Å². The van der Waals surface area contributed by atoms with Gasteiger partial charge in [-0.25, -0.2) is 0 Å². The number of hydrogen-bond acceptors (Lipinski definition) is 3. The Bertz CT molecular complexity index is 538. The van der Waals surface area contributed by atoms with Gasteiger partial charge in [-0.1, -0.05) is 26.0 Å². The Kier molecular flexibility index (Phi) is 6.16. The summed E-state index contributed by atoms with van der Waals surface area (Å²) >= 11 is 0. The van der Waals surface area contributed by atoms with Crippen LogP contribution in [0.2, 0.25) is 0 Å². The molecule has 23 heavy (non-hydrogen) atoms. The van der Waals surface area contributed by atoms with E-state index in [1.807, 2.05) is 24.3 Å². The number of nitrogens with two attached hydrogens (primary N) is 1. The number of carbonyl (C=O) groups is 2. The van der Waals surface area contributed by atoms with Crippen molar-refractivity contribution in [3.8, 4) is 0 Å². The number of primary amides is 1. The lowest BCUT2D eigenvalue weighted by atomic mass is 9.97. The van der Waals surface area contributed by atoms with Crippen LogP contribution in [0.3, 0.4) is 0 Å². The second kappa shape index (κ2) is 8.11. The fourth-order valence-electron chi connectivity index (χ4n) is 3.03. The van der Waals surface area contributed by atoms with Crippen molar-refractivity contribution >= 4 is 11.8 Å². The van der Waals surface area contributed by atoms with Crippen molar-refractivity contribution in [2.24, 2.45) is 11.7 Å². The molecule has 1 atom stereocenters. The van der Waals surface area contributed by atoms with Gasteiger partial charge in [0, 0.05) is 25.2 Å². The van der Waals surface area contributed by atoms with E-state index in [4.69, 9.17) is 5.73 Å². The highest BCUT2D eigenvalue weighted by molar-refractivity contribution is 5.94. The predicted molar refractivity (Wildman–Crippen MR) is 90.9 cm³/mol. The lowest BCUT2D eigenvalue weighted by molar-refractivity contribution is -0.123. The molecule has 1 saturated heterocycles. The van der Waals surface area contributed by atoms with E-state index in [2.05, 4.69) is 18.7 Å². The maximum atomic E-state index is 12.6. The molecule has 0 saturated carbocycles. The lowest BCUT2D eigenvalue weighted by Gasteiger charge is -2.31. The Balaban J connectivity index is 2.01. The van der Waals surface area contributed by atoms with Crippen LogP contribution in [-0.2, 0) is 11.3 Å². The van der Waals surface area contributed by atoms with Crippen molar-refractivity contribution in [2.45, 2.75) is 33.2 Å². The van der Waals surface area contributed by atoms with E-state index in [1.54, 1.807) is 4.90 Å². The molecular formula is C18H27N3O2. The molecule has 0 bridgehead atoms. The molecule has 2 amide bonds. The number of nitrogens with zero attached hydrogens (tertiary/aromatic N) is 2. The van der Waals surface area contributed by atoms with Gasteiger partial charge in [0.25, 0.3) is 5.91 Å². The smallest absolute Gasteiger partial charge is 0.253 e. The first kappa shape index (κ1) is 17.5. The van der Waals surface area contributed by atoms with Crippen LogP contribution in [0.25, 0.3) is 0 Å². The number of carbonyl (C=O) groups excluding carboxylic acids is 2. The number of amides is 2. The van der Waals surface area contributed by atoms with Crippen LogP contribution in [0.4, 0.5) is 0 Å². The van der Waals surface area contributed by atoms with Crippen LogP contribution in [0.1, 0.15) is 42.6 Å². The largest absolute Gasteiger partial charge is 0.369 e. The van der Waals surface area contributed by atoms with Gasteiger partial charge in [0.15, 0.2) is 0 Å². The molecule has 0 aromatic heterocycles. The lowest BCUT2D eigenvalue weighted by Crippen LogP contribution is -2.44. The fourth-order valence-corrected chi connectivity index (χ4v) is 3.03. The molecule has 1 aliphatic rings. The molecular weight excluding hydrogens is 290 g/mol. The molecule has 5 nitrogen and oxygen atoms in total. The van der Waals surface area contributed by atoms with Crippen LogP contribution in [0.15, 0.2) is 24.3 Å². The molecule has 0 radical (unpaired) electrons. The van der Waals surface area contributed by atoms with E-state index in [1.165, 1.54) is 5.56 Å². The summed E-state index contributed by atoms with van der Waals surface area (Å²) in [4.78, 5) is 28.0. The van der Waals surface area contributed by atoms with E-state index in [0.717, 1.165) is 32.5 Å². The van der Waals surface area contributed by atoms with Gasteiger partial charge < -0.3 is 10.6 Å². The zero-order chi connectivity index (χ0) is 16.8. The minimum atomic E-state index is -0.308. The summed E-state index contributed by atoms with van der Waals surface area (Å²) < 4.78 is 0. The normalized spacial score (nSPS) is 18.2. The highest BCUT2D eigenvalue weighted by Crippen LogP contribution is 2.19. The van der Waals surface area contributed by atoms with Gasteiger partial charge >= 0.3 is 0 Å². The molecule has 1 aromatic carbocycles. The second-order valence-corrected chi connectivity index (χ2v) is 6.15. The highest BCUT2D eigenvalue weighted by Gasteiger charge is 2.27. The van der Waals surface area contributed by atoms with Gasteiger partial charge in [0.05, 0.1) is 5.92 Å². The average molecular weight is 317 g/mol. The average Bonchev–Trinajstić information content (AvgIpc) is 2.59. The summed E-state index contributed by atoms with van der Waals surface area (Å²) in [7, 11) is 0. The topological polar surface area (TPSA) is 66.6 Å². The summed E-state index contributed by atoms with van der Waals surface area (Å²) in [5.41, 5.74) is 7.27. The van der Waals surface area contributed by atoms with Crippen molar-refractivity contribution < 1.29 is 9.59 Å². The molecule has 0 aliphatic carbocycles. The van der Waals surface area contributed by atoms with Gasteiger partial charge in [0.1, 0.15) is 0 Å². The van der Waals surface area contributed by atoms with Gasteiger partial charge in [-0.15, -0.1) is 0 Å². The zero-order valence-electron chi connectivity index (χ0n) is 14.1.